The zero-order chi connectivity index (χ0) is 15.4. The van der Waals surface area contributed by atoms with Gasteiger partial charge in [-0.15, -0.1) is 0 Å². The van der Waals surface area contributed by atoms with Gasteiger partial charge in [0, 0.05) is 28.9 Å². The third-order valence-corrected chi connectivity index (χ3v) is 3.49. The van der Waals surface area contributed by atoms with E-state index in [4.69, 9.17) is 0 Å². The maximum Gasteiger partial charge on any atom is 0.272 e. The van der Waals surface area contributed by atoms with E-state index in [0.717, 1.165) is 16.8 Å². The Hall–Kier alpha value is -2.40. The van der Waals surface area contributed by atoms with E-state index in [1.807, 2.05) is 37.3 Å². The Bertz CT molecular complexity index is 656. The second-order valence-electron chi connectivity index (χ2n) is 4.98. The first kappa shape index (κ1) is 15.0. The molecule has 1 unspecified atom stereocenters. The number of nitrogens with zero attached hydrogens (tertiary/aromatic N) is 1. The van der Waals surface area contributed by atoms with Crippen molar-refractivity contribution in [3.63, 3.8) is 0 Å². The fourth-order valence-corrected chi connectivity index (χ4v) is 2.21. The average molecular weight is 286 g/mol. The molecule has 2 rings (SSSR count). The molecule has 5 nitrogen and oxygen atoms in total. The van der Waals surface area contributed by atoms with Gasteiger partial charge in [-0.1, -0.05) is 30.3 Å². The van der Waals surface area contributed by atoms with Crippen molar-refractivity contribution in [3.8, 4) is 0 Å². The Morgan fingerprint density at radius 1 is 1.29 bits per heavy atom. The number of aliphatic hydroxyl groups is 1. The molecule has 0 fully saturated rings. The normalized spacial score (nSPS) is 12.0. The van der Waals surface area contributed by atoms with Gasteiger partial charge in [0.25, 0.3) is 5.69 Å². The summed E-state index contributed by atoms with van der Waals surface area (Å²) >= 11 is 0. The molecule has 0 saturated carbocycles. The van der Waals surface area contributed by atoms with Crippen LogP contribution in [0.5, 0.6) is 0 Å². The van der Waals surface area contributed by atoms with Crippen LogP contribution in [0, 0.1) is 17.0 Å². The number of hydrogen-bond donors (Lipinski definition) is 2. The summed E-state index contributed by atoms with van der Waals surface area (Å²) in [5, 5.41) is 23.6. The first-order valence-corrected chi connectivity index (χ1v) is 6.73. The number of aryl methyl sites for hydroxylation is 1. The SMILES string of the molecule is Cc1ccc(C(C)Nc2ccccc2CO)cc1[N+](=O)[O-]. The van der Waals surface area contributed by atoms with Crippen LogP contribution in [-0.4, -0.2) is 10.0 Å². The molecular formula is C16H18N2O3. The number of nitrogens with one attached hydrogen (secondary N) is 1. The van der Waals surface area contributed by atoms with Crippen molar-refractivity contribution in [3.05, 3.63) is 69.3 Å². The highest BCUT2D eigenvalue weighted by Crippen LogP contribution is 2.26. The number of hydrogen-bond acceptors (Lipinski definition) is 4. The Morgan fingerprint density at radius 2 is 2.00 bits per heavy atom. The van der Waals surface area contributed by atoms with Crippen molar-refractivity contribution >= 4 is 11.4 Å². The molecule has 2 aromatic carbocycles. The molecule has 0 radical (unpaired) electrons. The predicted molar refractivity (Wildman–Crippen MR) is 82.2 cm³/mol. The summed E-state index contributed by atoms with van der Waals surface area (Å²) in [6.07, 6.45) is 0. The van der Waals surface area contributed by atoms with Crippen LogP contribution >= 0.6 is 0 Å². The molecule has 0 aromatic heterocycles. The molecule has 0 spiro atoms. The summed E-state index contributed by atoms with van der Waals surface area (Å²) in [5.41, 5.74) is 3.23. The first-order chi connectivity index (χ1) is 10.0. The van der Waals surface area contributed by atoms with Gasteiger partial charge in [-0.25, -0.2) is 0 Å². The minimum Gasteiger partial charge on any atom is -0.392 e. The van der Waals surface area contributed by atoms with Gasteiger partial charge in [0.2, 0.25) is 0 Å². The molecule has 110 valence electrons. The zero-order valence-corrected chi connectivity index (χ0v) is 12.0. The molecule has 0 bridgehead atoms. The summed E-state index contributed by atoms with van der Waals surface area (Å²) in [7, 11) is 0. The maximum absolute atomic E-state index is 11.0. The van der Waals surface area contributed by atoms with Crippen LogP contribution in [0.2, 0.25) is 0 Å². The molecule has 0 saturated heterocycles. The van der Waals surface area contributed by atoms with Gasteiger partial charge < -0.3 is 10.4 Å². The maximum atomic E-state index is 11.0. The Kier molecular flexibility index (Phi) is 4.55. The zero-order valence-electron chi connectivity index (χ0n) is 12.0. The lowest BCUT2D eigenvalue weighted by Gasteiger charge is -2.18. The van der Waals surface area contributed by atoms with Crippen molar-refractivity contribution in [1.82, 2.24) is 0 Å². The number of para-hydroxylation sites is 1. The topological polar surface area (TPSA) is 75.4 Å². The molecule has 0 aliphatic heterocycles. The molecule has 1 atom stereocenters. The first-order valence-electron chi connectivity index (χ1n) is 6.73. The van der Waals surface area contributed by atoms with E-state index in [0.29, 0.717) is 5.56 Å². The van der Waals surface area contributed by atoms with Crippen LogP contribution in [-0.2, 0) is 6.61 Å². The number of aliphatic hydroxyl groups excluding tert-OH is 1. The number of nitro groups is 1. The summed E-state index contributed by atoms with van der Waals surface area (Å²) in [4.78, 5) is 10.6. The van der Waals surface area contributed by atoms with Crippen LogP contribution in [0.3, 0.4) is 0 Å². The highest BCUT2D eigenvalue weighted by molar-refractivity contribution is 5.53. The molecule has 0 aliphatic carbocycles. The van der Waals surface area contributed by atoms with Crippen LogP contribution in [0.15, 0.2) is 42.5 Å². The van der Waals surface area contributed by atoms with E-state index >= 15 is 0 Å². The summed E-state index contributed by atoms with van der Waals surface area (Å²) in [6.45, 7) is 3.60. The summed E-state index contributed by atoms with van der Waals surface area (Å²) in [5.74, 6) is 0. The smallest absolute Gasteiger partial charge is 0.272 e. The van der Waals surface area contributed by atoms with Crippen molar-refractivity contribution in [1.29, 1.82) is 0 Å². The molecule has 0 aliphatic rings. The van der Waals surface area contributed by atoms with Gasteiger partial charge in [-0.2, -0.15) is 0 Å². The van der Waals surface area contributed by atoms with Gasteiger partial charge in [-0.3, -0.25) is 10.1 Å². The highest BCUT2D eigenvalue weighted by atomic mass is 16.6. The van der Waals surface area contributed by atoms with E-state index in [9.17, 15) is 15.2 Å². The van der Waals surface area contributed by atoms with E-state index < -0.39 is 0 Å². The largest absolute Gasteiger partial charge is 0.392 e. The van der Waals surface area contributed by atoms with E-state index in [1.54, 1.807) is 19.1 Å². The summed E-state index contributed by atoms with van der Waals surface area (Å²) in [6, 6.07) is 12.6. The average Bonchev–Trinajstić information content (AvgIpc) is 2.47. The fraction of sp³-hybridized carbons (Fsp3) is 0.250. The molecule has 5 heteroatoms. The number of rotatable bonds is 5. The lowest BCUT2D eigenvalue weighted by molar-refractivity contribution is -0.385. The van der Waals surface area contributed by atoms with Gasteiger partial charge in [0.05, 0.1) is 11.5 Å². The molecule has 21 heavy (non-hydrogen) atoms. The van der Waals surface area contributed by atoms with Crippen molar-refractivity contribution in [2.75, 3.05) is 5.32 Å². The van der Waals surface area contributed by atoms with E-state index in [2.05, 4.69) is 5.32 Å². The van der Waals surface area contributed by atoms with Crippen molar-refractivity contribution in [2.45, 2.75) is 26.5 Å². The second-order valence-corrected chi connectivity index (χ2v) is 4.98. The quantitative estimate of drug-likeness (QED) is 0.651. The third kappa shape index (κ3) is 3.38. The number of anilines is 1. The minimum atomic E-state index is -0.368. The summed E-state index contributed by atoms with van der Waals surface area (Å²) < 4.78 is 0. The molecule has 0 amide bonds. The van der Waals surface area contributed by atoms with Gasteiger partial charge >= 0.3 is 0 Å². The van der Waals surface area contributed by atoms with Crippen molar-refractivity contribution < 1.29 is 10.0 Å². The van der Waals surface area contributed by atoms with Crippen LogP contribution in [0.25, 0.3) is 0 Å². The molecule has 2 aromatic rings. The lowest BCUT2D eigenvalue weighted by Crippen LogP contribution is -2.09. The van der Waals surface area contributed by atoms with E-state index in [1.165, 1.54) is 0 Å². The van der Waals surface area contributed by atoms with Gasteiger partial charge in [0.15, 0.2) is 0 Å². The third-order valence-electron chi connectivity index (χ3n) is 3.49. The van der Waals surface area contributed by atoms with Crippen molar-refractivity contribution in [2.24, 2.45) is 0 Å². The predicted octanol–water partition coefficient (Wildman–Crippen LogP) is 3.57. The standard InChI is InChI=1S/C16H18N2O3/c1-11-7-8-13(9-16(11)18(20)21)12(2)17-15-6-4-3-5-14(15)10-19/h3-9,12,17,19H,10H2,1-2H3. The molecule has 2 N–H and O–H groups in total. The van der Waals surface area contributed by atoms with Crippen LogP contribution in [0.4, 0.5) is 11.4 Å². The fourth-order valence-electron chi connectivity index (χ4n) is 2.21. The Morgan fingerprint density at radius 3 is 2.67 bits per heavy atom. The molecule has 0 heterocycles. The molecular weight excluding hydrogens is 268 g/mol. The second kappa shape index (κ2) is 6.37. The number of benzene rings is 2. The Labute approximate surface area is 123 Å². The van der Waals surface area contributed by atoms with Crippen LogP contribution in [0.1, 0.15) is 29.7 Å². The van der Waals surface area contributed by atoms with E-state index in [-0.39, 0.29) is 23.3 Å². The monoisotopic (exact) mass is 286 g/mol. The van der Waals surface area contributed by atoms with Gasteiger partial charge in [-0.05, 0) is 25.5 Å². The highest BCUT2D eigenvalue weighted by Gasteiger charge is 2.15. The lowest BCUT2D eigenvalue weighted by atomic mass is 10.0. The Balaban J connectivity index is 2.26. The van der Waals surface area contributed by atoms with Gasteiger partial charge in [0.1, 0.15) is 0 Å². The minimum absolute atomic E-state index is 0.0516. The number of nitro benzene ring substituents is 1. The van der Waals surface area contributed by atoms with Crippen LogP contribution < -0.4 is 5.32 Å².